The van der Waals surface area contributed by atoms with E-state index in [9.17, 15) is 0 Å². The van der Waals surface area contributed by atoms with Crippen LogP contribution < -0.4 is 0 Å². The van der Waals surface area contributed by atoms with Gasteiger partial charge in [-0.2, -0.15) is 5.10 Å². The molecule has 2 aromatic heterocycles. The maximum absolute atomic E-state index is 4.70. The van der Waals surface area contributed by atoms with Crippen LogP contribution in [0.1, 0.15) is 17.1 Å². The fourth-order valence-corrected chi connectivity index (χ4v) is 3.68. The molecular formula is C17H27N7. The number of fused-ring (bicyclic) bond motifs is 1. The highest BCUT2D eigenvalue weighted by atomic mass is 15.3. The van der Waals surface area contributed by atoms with Gasteiger partial charge in [-0.05, 0) is 7.05 Å². The van der Waals surface area contributed by atoms with Gasteiger partial charge in [-0.1, -0.05) is 0 Å². The van der Waals surface area contributed by atoms with Crippen molar-refractivity contribution >= 4 is 0 Å². The second-order valence-corrected chi connectivity index (χ2v) is 7.13. The Morgan fingerprint density at radius 3 is 2.46 bits per heavy atom. The fourth-order valence-electron chi connectivity index (χ4n) is 3.68. The summed E-state index contributed by atoms with van der Waals surface area (Å²) in [6.07, 6.45) is 6.14. The van der Waals surface area contributed by atoms with Crippen molar-refractivity contribution in [1.82, 2.24) is 34.0 Å². The number of rotatable bonds is 4. The van der Waals surface area contributed by atoms with Gasteiger partial charge >= 0.3 is 0 Å². The third-order valence-corrected chi connectivity index (χ3v) is 5.17. The van der Waals surface area contributed by atoms with Gasteiger partial charge in [0.05, 0.1) is 18.4 Å². The number of hydrogen-bond donors (Lipinski definition) is 0. The minimum absolute atomic E-state index is 0.928. The number of aromatic nitrogens is 4. The van der Waals surface area contributed by atoms with Gasteiger partial charge in [-0.3, -0.25) is 14.5 Å². The first kappa shape index (κ1) is 15.8. The van der Waals surface area contributed by atoms with Gasteiger partial charge in [0, 0.05) is 77.4 Å². The van der Waals surface area contributed by atoms with Gasteiger partial charge in [0.1, 0.15) is 5.82 Å². The van der Waals surface area contributed by atoms with E-state index < -0.39 is 0 Å². The molecule has 7 heteroatoms. The fraction of sp³-hybridized carbons (Fsp3) is 0.647. The van der Waals surface area contributed by atoms with Gasteiger partial charge in [0.2, 0.25) is 0 Å². The minimum atomic E-state index is 0.928. The molecule has 0 amide bonds. The van der Waals surface area contributed by atoms with Crippen molar-refractivity contribution < 1.29 is 0 Å². The summed E-state index contributed by atoms with van der Waals surface area (Å²) in [5.74, 6) is 1.20. The third-order valence-electron chi connectivity index (χ3n) is 5.17. The summed E-state index contributed by atoms with van der Waals surface area (Å²) in [5, 5.41) is 4.26. The van der Waals surface area contributed by atoms with E-state index in [0.717, 1.165) is 45.8 Å². The zero-order chi connectivity index (χ0) is 16.5. The lowest BCUT2D eigenvalue weighted by Crippen LogP contribution is -2.44. The first-order valence-electron chi connectivity index (χ1n) is 8.81. The van der Waals surface area contributed by atoms with Crippen molar-refractivity contribution in [3.8, 4) is 0 Å². The largest absolute Gasteiger partial charge is 0.328 e. The number of nitrogens with zero attached hydrogens (tertiary/aromatic N) is 7. The Balaban J connectivity index is 1.38. The Morgan fingerprint density at radius 2 is 1.71 bits per heavy atom. The highest BCUT2D eigenvalue weighted by Crippen LogP contribution is 2.18. The summed E-state index contributed by atoms with van der Waals surface area (Å²) in [6, 6.07) is 0. The van der Waals surface area contributed by atoms with Gasteiger partial charge in [0.15, 0.2) is 0 Å². The normalized spacial score (nSPS) is 20.4. The molecule has 2 aliphatic heterocycles. The summed E-state index contributed by atoms with van der Waals surface area (Å²) in [6.45, 7) is 9.68. The summed E-state index contributed by atoms with van der Waals surface area (Å²) in [4.78, 5) is 12.1. The average Bonchev–Trinajstić information content (AvgIpc) is 3.16. The van der Waals surface area contributed by atoms with E-state index >= 15 is 0 Å². The number of imidazole rings is 1. The summed E-state index contributed by atoms with van der Waals surface area (Å²) in [7, 11) is 4.17. The second kappa shape index (κ2) is 6.66. The smallest absolute Gasteiger partial charge is 0.123 e. The maximum Gasteiger partial charge on any atom is 0.123 e. The van der Waals surface area contributed by atoms with Crippen LogP contribution in [0.3, 0.4) is 0 Å². The molecule has 4 rings (SSSR count). The lowest BCUT2D eigenvalue weighted by Gasteiger charge is -2.33. The van der Waals surface area contributed by atoms with Crippen molar-refractivity contribution in [3.63, 3.8) is 0 Å². The lowest BCUT2D eigenvalue weighted by atomic mass is 10.2. The lowest BCUT2D eigenvalue weighted by molar-refractivity contribution is 0.143. The number of hydrogen-bond acceptors (Lipinski definition) is 5. The van der Waals surface area contributed by atoms with Gasteiger partial charge < -0.3 is 9.47 Å². The summed E-state index contributed by atoms with van der Waals surface area (Å²) < 4.78 is 4.30. The van der Waals surface area contributed by atoms with Crippen LogP contribution in [-0.4, -0.2) is 73.8 Å². The molecule has 24 heavy (non-hydrogen) atoms. The molecule has 7 nitrogen and oxygen atoms in total. The quantitative estimate of drug-likeness (QED) is 0.811. The first-order chi connectivity index (χ1) is 11.7. The molecule has 0 bridgehead atoms. The Hall–Kier alpha value is -1.70. The van der Waals surface area contributed by atoms with E-state index in [4.69, 9.17) is 4.98 Å². The highest BCUT2D eigenvalue weighted by Gasteiger charge is 2.22. The average molecular weight is 329 g/mol. The maximum atomic E-state index is 4.70. The van der Waals surface area contributed by atoms with E-state index in [1.54, 1.807) is 0 Å². The molecule has 4 heterocycles. The van der Waals surface area contributed by atoms with E-state index in [2.05, 4.69) is 43.8 Å². The van der Waals surface area contributed by atoms with Crippen LogP contribution in [-0.2, 0) is 33.2 Å². The Labute approximate surface area is 143 Å². The van der Waals surface area contributed by atoms with Crippen molar-refractivity contribution in [2.75, 3.05) is 39.8 Å². The Bertz CT molecular complexity index is 681. The predicted molar refractivity (Wildman–Crippen MR) is 92.3 cm³/mol. The summed E-state index contributed by atoms with van der Waals surface area (Å²) >= 11 is 0. The van der Waals surface area contributed by atoms with E-state index in [1.165, 1.54) is 30.2 Å². The minimum Gasteiger partial charge on any atom is -0.328 e. The van der Waals surface area contributed by atoms with Crippen molar-refractivity contribution in [1.29, 1.82) is 0 Å². The summed E-state index contributed by atoms with van der Waals surface area (Å²) in [5.41, 5.74) is 2.64. The van der Waals surface area contributed by atoms with Crippen LogP contribution in [0.5, 0.6) is 0 Å². The topological polar surface area (TPSA) is 45.4 Å². The molecule has 0 aliphatic carbocycles. The standard InChI is InChI=1S/C17H27N7/c1-20-3-5-22(6-4-20)13-16-10-18-17-14-23(7-8-24(16)17)12-15-9-19-21(2)11-15/h9-11H,3-8,12-14H2,1-2H3. The van der Waals surface area contributed by atoms with Crippen LogP contribution >= 0.6 is 0 Å². The van der Waals surface area contributed by atoms with Crippen molar-refractivity contribution in [2.24, 2.45) is 7.05 Å². The molecule has 0 spiro atoms. The molecule has 0 unspecified atom stereocenters. The number of likely N-dealkylation sites (N-methyl/N-ethyl adjacent to an activating group) is 1. The van der Waals surface area contributed by atoms with E-state index in [1.807, 2.05) is 17.9 Å². The number of piperazine rings is 1. The zero-order valence-electron chi connectivity index (χ0n) is 14.7. The highest BCUT2D eigenvalue weighted by molar-refractivity contribution is 5.09. The van der Waals surface area contributed by atoms with E-state index in [0.29, 0.717) is 0 Å². The van der Waals surface area contributed by atoms with Crippen LogP contribution in [0.25, 0.3) is 0 Å². The molecule has 1 saturated heterocycles. The molecule has 0 N–H and O–H groups in total. The predicted octanol–water partition coefficient (Wildman–Crippen LogP) is 0.380. The monoisotopic (exact) mass is 329 g/mol. The SMILES string of the molecule is CN1CCN(Cc2cnc3n2CCN(Cc2cnn(C)c2)C3)CC1. The molecular weight excluding hydrogens is 302 g/mol. The van der Waals surface area contributed by atoms with Gasteiger partial charge in [-0.25, -0.2) is 4.98 Å². The van der Waals surface area contributed by atoms with Gasteiger partial charge in [-0.15, -0.1) is 0 Å². The molecule has 0 radical (unpaired) electrons. The van der Waals surface area contributed by atoms with Crippen molar-refractivity contribution in [2.45, 2.75) is 26.2 Å². The third kappa shape index (κ3) is 3.38. The Morgan fingerprint density at radius 1 is 0.917 bits per heavy atom. The molecule has 0 saturated carbocycles. The Kier molecular flexibility index (Phi) is 4.39. The molecule has 0 atom stereocenters. The number of aryl methyl sites for hydroxylation is 1. The van der Waals surface area contributed by atoms with Crippen LogP contribution in [0.4, 0.5) is 0 Å². The van der Waals surface area contributed by atoms with Crippen LogP contribution in [0.15, 0.2) is 18.6 Å². The molecule has 2 aliphatic rings. The van der Waals surface area contributed by atoms with Crippen molar-refractivity contribution in [3.05, 3.63) is 35.7 Å². The molecule has 1 fully saturated rings. The van der Waals surface area contributed by atoms with E-state index in [-0.39, 0.29) is 0 Å². The van der Waals surface area contributed by atoms with Crippen LogP contribution in [0.2, 0.25) is 0 Å². The zero-order valence-corrected chi connectivity index (χ0v) is 14.7. The molecule has 130 valence electrons. The van der Waals surface area contributed by atoms with Gasteiger partial charge in [0.25, 0.3) is 0 Å². The van der Waals surface area contributed by atoms with Crippen LogP contribution in [0, 0.1) is 0 Å². The second-order valence-electron chi connectivity index (χ2n) is 7.13. The molecule has 0 aromatic carbocycles. The molecule has 2 aromatic rings. The first-order valence-corrected chi connectivity index (χ1v) is 8.81.